The third kappa shape index (κ3) is 4.04. The lowest BCUT2D eigenvalue weighted by Crippen LogP contribution is -2.35. The average Bonchev–Trinajstić information content (AvgIpc) is 3.35. The minimum atomic E-state index is 0.168. The van der Waals surface area contributed by atoms with Gasteiger partial charge in [-0.3, -0.25) is 4.79 Å². The summed E-state index contributed by atoms with van der Waals surface area (Å²) in [4.78, 5) is 21.1. The number of rotatable bonds is 5. The molecule has 1 aliphatic heterocycles. The van der Waals surface area contributed by atoms with Crippen molar-refractivity contribution in [3.63, 3.8) is 0 Å². The summed E-state index contributed by atoms with van der Waals surface area (Å²) >= 11 is 0. The predicted molar refractivity (Wildman–Crippen MR) is 106 cm³/mol. The van der Waals surface area contributed by atoms with Crippen molar-refractivity contribution in [2.75, 3.05) is 31.1 Å². The van der Waals surface area contributed by atoms with Crippen LogP contribution in [0.3, 0.4) is 0 Å². The second-order valence-electron chi connectivity index (χ2n) is 7.83. The van der Waals surface area contributed by atoms with E-state index in [1.807, 2.05) is 11.0 Å². The standard InChI is InChI=1S/C22H26N4O2/c1-16-14-19(16)20-7-5-18(28-20)6-8-21(27)25-10-3-11-26(13-12-25)22-17(15-23)4-2-9-24-22/h2,4-5,7,9,16,19H,3,6,8,10-14H2,1H3/t16-,19+/m1/s1. The Kier molecular flexibility index (Phi) is 5.34. The van der Waals surface area contributed by atoms with Gasteiger partial charge in [-0.2, -0.15) is 5.26 Å². The molecule has 3 heterocycles. The van der Waals surface area contributed by atoms with E-state index in [1.165, 1.54) is 6.42 Å². The smallest absolute Gasteiger partial charge is 0.223 e. The van der Waals surface area contributed by atoms with Crippen molar-refractivity contribution < 1.29 is 9.21 Å². The van der Waals surface area contributed by atoms with E-state index >= 15 is 0 Å². The molecule has 6 nitrogen and oxygen atoms in total. The highest BCUT2D eigenvalue weighted by atomic mass is 16.3. The van der Waals surface area contributed by atoms with Gasteiger partial charge in [0.05, 0.1) is 5.56 Å². The fraction of sp³-hybridized carbons (Fsp3) is 0.500. The van der Waals surface area contributed by atoms with Crippen LogP contribution >= 0.6 is 0 Å². The van der Waals surface area contributed by atoms with Gasteiger partial charge in [-0.15, -0.1) is 0 Å². The molecule has 0 spiro atoms. The summed E-state index contributed by atoms with van der Waals surface area (Å²) in [6.45, 7) is 5.14. The summed E-state index contributed by atoms with van der Waals surface area (Å²) in [5, 5.41) is 9.30. The van der Waals surface area contributed by atoms with Crippen molar-refractivity contribution in [3.05, 3.63) is 47.5 Å². The molecule has 2 fully saturated rings. The number of pyridine rings is 1. The molecule has 0 bridgehead atoms. The van der Waals surface area contributed by atoms with Crippen LogP contribution in [0.15, 0.2) is 34.9 Å². The van der Waals surface area contributed by atoms with Gasteiger partial charge in [0.25, 0.3) is 0 Å². The molecule has 1 amide bonds. The molecular formula is C22H26N4O2. The highest BCUT2D eigenvalue weighted by Crippen LogP contribution is 2.47. The lowest BCUT2D eigenvalue weighted by atomic mass is 10.2. The van der Waals surface area contributed by atoms with Crippen LogP contribution < -0.4 is 4.90 Å². The first-order valence-electron chi connectivity index (χ1n) is 10.1. The third-order valence-corrected chi connectivity index (χ3v) is 5.80. The van der Waals surface area contributed by atoms with Crippen LogP contribution in [0.5, 0.6) is 0 Å². The van der Waals surface area contributed by atoms with E-state index in [9.17, 15) is 10.1 Å². The first-order chi connectivity index (χ1) is 13.7. The van der Waals surface area contributed by atoms with E-state index < -0.39 is 0 Å². The Hall–Kier alpha value is -2.81. The molecule has 0 radical (unpaired) electrons. The van der Waals surface area contributed by atoms with Gasteiger partial charge in [0, 0.05) is 51.1 Å². The molecule has 0 unspecified atom stereocenters. The number of hydrogen-bond acceptors (Lipinski definition) is 5. The van der Waals surface area contributed by atoms with E-state index in [1.54, 1.807) is 18.3 Å². The normalized spacial score (nSPS) is 21.9. The number of nitrogens with zero attached hydrogens (tertiary/aromatic N) is 4. The number of carbonyl (C=O) groups excluding carboxylic acids is 1. The van der Waals surface area contributed by atoms with Gasteiger partial charge >= 0.3 is 0 Å². The summed E-state index contributed by atoms with van der Waals surface area (Å²) < 4.78 is 5.92. The number of aromatic nitrogens is 1. The molecule has 2 aromatic heterocycles. The molecule has 146 valence electrons. The largest absolute Gasteiger partial charge is 0.466 e. The Morgan fingerprint density at radius 2 is 2.14 bits per heavy atom. The first-order valence-corrected chi connectivity index (χ1v) is 10.1. The van der Waals surface area contributed by atoms with Crippen LogP contribution in [0.1, 0.15) is 49.2 Å². The van der Waals surface area contributed by atoms with Crippen LogP contribution in [-0.4, -0.2) is 42.0 Å². The van der Waals surface area contributed by atoms with Crippen LogP contribution in [-0.2, 0) is 11.2 Å². The van der Waals surface area contributed by atoms with Crippen molar-refractivity contribution in [2.24, 2.45) is 5.92 Å². The fourth-order valence-electron chi connectivity index (χ4n) is 3.95. The zero-order valence-corrected chi connectivity index (χ0v) is 16.3. The molecule has 28 heavy (non-hydrogen) atoms. The van der Waals surface area contributed by atoms with Crippen molar-refractivity contribution in [2.45, 2.75) is 38.5 Å². The number of carbonyl (C=O) groups is 1. The topological polar surface area (TPSA) is 73.4 Å². The molecule has 1 saturated heterocycles. The minimum Gasteiger partial charge on any atom is -0.466 e. The Morgan fingerprint density at radius 3 is 2.93 bits per heavy atom. The van der Waals surface area contributed by atoms with Crippen LogP contribution in [0.2, 0.25) is 0 Å². The quantitative estimate of drug-likeness (QED) is 0.798. The van der Waals surface area contributed by atoms with E-state index in [0.29, 0.717) is 37.4 Å². The molecule has 2 aromatic rings. The van der Waals surface area contributed by atoms with Gasteiger partial charge < -0.3 is 14.2 Å². The van der Waals surface area contributed by atoms with Crippen molar-refractivity contribution in [3.8, 4) is 6.07 Å². The monoisotopic (exact) mass is 378 g/mol. The summed E-state index contributed by atoms with van der Waals surface area (Å²) in [5.41, 5.74) is 0.584. The van der Waals surface area contributed by atoms with Crippen LogP contribution in [0.25, 0.3) is 0 Å². The van der Waals surface area contributed by atoms with Gasteiger partial charge in [-0.1, -0.05) is 6.92 Å². The van der Waals surface area contributed by atoms with Gasteiger partial charge in [0.2, 0.25) is 5.91 Å². The maximum absolute atomic E-state index is 12.7. The Bertz CT molecular complexity index is 885. The molecule has 6 heteroatoms. The van der Waals surface area contributed by atoms with Crippen molar-refractivity contribution in [1.29, 1.82) is 5.26 Å². The van der Waals surface area contributed by atoms with Crippen molar-refractivity contribution >= 4 is 11.7 Å². The maximum atomic E-state index is 12.7. The van der Waals surface area contributed by atoms with Gasteiger partial charge in [0.15, 0.2) is 0 Å². The summed E-state index contributed by atoms with van der Waals surface area (Å²) in [5.74, 6) is 4.17. The summed E-state index contributed by atoms with van der Waals surface area (Å²) in [6.07, 6.45) is 4.92. The minimum absolute atomic E-state index is 0.168. The second-order valence-corrected chi connectivity index (χ2v) is 7.83. The number of furan rings is 1. The maximum Gasteiger partial charge on any atom is 0.223 e. The Morgan fingerprint density at radius 1 is 1.29 bits per heavy atom. The van der Waals surface area contributed by atoms with Crippen LogP contribution in [0, 0.1) is 17.2 Å². The van der Waals surface area contributed by atoms with E-state index in [-0.39, 0.29) is 5.91 Å². The van der Waals surface area contributed by atoms with Gasteiger partial charge in [-0.25, -0.2) is 4.98 Å². The molecule has 2 atom stereocenters. The SMILES string of the molecule is C[C@@H]1C[C@@H]1c1ccc(CCC(=O)N2CCCN(c3ncccc3C#N)CC2)o1. The Labute approximate surface area is 165 Å². The fourth-order valence-corrected chi connectivity index (χ4v) is 3.95. The van der Waals surface area contributed by atoms with Gasteiger partial charge in [0.1, 0.15) is 23.4 Å². The van der Waals surface area contributed by atoms with Gasteiger partial charge in [-0.05, 0) is 43.0 Å². The number of nitriles is 1. The molecular weight excluding hydrogens is 352 g/mol. The van der Waals surface area contributed by atoms with E-state index in [2.05, 4.69) is 28.9 Å². The molecule has 0 aromatic carbocycles. The first kappa shape index (κ1) is 18.5. The molecule has 1 aliphatic carbocycles. The molecule has 0 N–H and O–H groups in total. The zero-order valence-electron chi connectivity index (χ0n) is 16.3. The molecule has 4 rings (SSSR count). The number of aryl methyl sites for hydroxylation is 1. The molecule has 1 saturated carbocycles. The lowest BCUT2D eigenvalue weighted by Gasteiger charge is -2.23. The highest BCUT2D eigenvalue weighted by Gasteiger charge is 2.36. The molecule has 2 aliphatic rings. The van der Waals surface area contributed by atoms with Crippen molar-refractivity contribution in [1.82, 2.24) is 9.88 Å². The third-order valence-electron chi connectivity index (χ3n) is 5.80. The zero-order chi connectivity index (χ0) is 19.5. The predicted octanol–water partition coefficient (Wildman–Crippen LogP) is 3.34. The lowest BCUT2D eigenvalue weighted by molar-refractivity contribution is -0.131. The summed E-state index contributed by atoms with van der Waals surface area (Å²) in [7, 11) is 0. The van der Waals surface area contributed by atoms with E-state index in [4.69, 9.17) is 4.42 Å². The summed E-state index contributed by atoms with van der Waals surface area (Å²) in [6, 6.07) is 9.86. The van der Waals surface area contributed by atoms with E-state index in [0.717, 1.165) is 42.8 Å². The number of amides is 1. The number of anilines is 1. The van der Waals surface area contributed by atoms with Crippen LogP contribution in [0.4, 0.5) is 5.82 Å². The average molecular weight is 378 g/mol. The number of hydrogen-bond donors (Lipinski definition) is 0. The Balaban J connectivity index is 1.31. The highest BCUT2D eigenvalue weighted by molar-refractivity contribution is 5.76. The second kappa shape index (κ2) is 8.05.